The van der Waals surface area contributed by atoms with Crippen LogP contribution in [0.3, 0.4) is 0 Å². The van der Waals surface area contributed by atoms with Gasteiger partial charge < -0.3 is 19.5 Å². The normalized spacial score (nSPS) is 10.0. The van der Waals surface area contributed by atoms with E-state index in [9.17, 15) is 0 Å². The number of ether oxygens (including phenoxy) is 3. The van der Waals surface area contributed by atoms with E-state index < -0.39 is 0 Å². The highest BCUT2D eigenvalue weighted by molar-refractivity contribution is 14.1. The van der Waals surface area contributed by atoms with Crippen LogP contribution in [0, 0.1) is 3.57 Å². The number of aromatic nitrogens is 2. The van der Waals surface area contributed by atoms with Gasteiger partial charge >= 0.3 is 0 Å². The molecule has 0 fully saturated rings. The predicted octanol–water partition coefficient (Wildman–Crippen LogP) is 2.85. The van der Waals surface area contributed by atoms with E-state index in [0.717, 1.165) is 15.1 Å². The van der Waals surface area contributed by atoms with Crippen LogP contribution in [0.4, 0.5) is 11.5 Å². The summed E-state index contributed by atoms with van der Waals surface area (Å²) in [6.07, 6.45) is 3.22. The number of halogens is 1. The smallest absolute Gasteiger partial charge is 0.203 e. The van der Waals surface area contributed by atoms with Crippen molar-refractivity contribution >= 4 is 34.1 Å². The molecule has 6 nitrogen and oxygen atoms in total. The van der Waals surface area contributed by atoms with Crippen LogP contribution in [0.15, 0.2) is 24.7 Å². The molecule has 0 saturated carbocycles. The van der Waals surface area contributed by atoms with Crippen LogP contribution in [0.5, 0.6) is 17.2 Å². The third-order valence-electron chi connectivity index (χ3n) is 2.60. The van der Waals surface area contributed by atoms with E-state index in [2.05, 4.69) is 37.9 Å². The molecule has 1 aromatic heterocycles. The molecule has 2 rings (SSSR count). The first-order valence-electron chi connectivity index (χ1n) is 5.72. The van der Waals surface area contributed by atoms with E-state index in [-0.39, 0.29) is 0 Å². The number of anilines is 2. The molecule has 7 heteroatoms. The lowest BCUT2D eigenvalue weighted by molar-refractivity contribution is 0.324. The summed E-state index contributed by atoms with van der Waals surface area (Å²) in [6, 6.07) is 3.64. The maximum atomic E-state index is 5.31. The van der Waals surface area contributed by atoms with Gasteiger partial charge in [-0.05, 0) is 22.6 Å². The highest BCUT2D eigenvalue weighted by Crippen LogP contribution is 2.40. The summed E-state index contributed by atoms with van der Waals surface area (Å²) in [5.41, 5.74) is 0.788. The summed E-state index contributed by atoms with van der Waals surface area (Å²) in [6.45, 7) is 0. The molecule has 0 amide bonds. The summed E-state index contributed by atoms with van der Waals surface area (Å²) < 4.78 is 16.8. The highest BCUT2D eigenvalue weighted by Gasteiger charge is 2.14. The van der Waals surface area contributed by atoms with Gasteiger partial charge in [-0.15, -0.1) is 0 Å². The van der Waals surface area contributed by atoms with Gasteiger partial charge in [-0.2, -0.15) is 0 Å². The average molecular weight is 387 g/mol. The van der Waals surface area contributed by atoms with Crippen LogP contribution >= 0.6 is 22.6 Å². The molecule has 0 bridgehead atoms. The molecule has 0 unspecified atom stereocenters. The van der Waals surface area contributed by atoms with E-state index in [4.69, 9.17) is 14.2 Å². The Balaban J connectivity index is 2.40. The maximum Gasteiger partial charge on any atom is 0.203 e. The fourth-order valence-electron chi connectivity index (χ4n) is 1.69. The minimum absolute atomic E-state index is 0.554. The molecule has 2 aromatic rings. The minimum Gasteiger partial charge on any atom is -0.493 e. The second-order valence-electron chi connectivity index (χ2n) is 3.76. The zero-order valence-electron chi connectivity index (χ0n) is 11.3. The minimum atomic E-state index is 0.554. The number of hydrogen-bond donors (Lipinski definition) is 1. The first kappa shape index (κ1) is 14.6. The summed E-state index contributed by atoms with van der Waals surface area (Å²) in [5.74, 6) is 2.43. The Morgan fingerprint density at radius 3 is 2.20 bits per heavy atom. The molecule has 0 radical (unpaired) electrons. The van der Waals surface area contributed by atoms with Crippen LogP contribution in [0.25, 0.3) is 0 Å². The zero-order chi connectivity index (χ0) is 14.5. The van der Waals surface area contributed by atoms with Gasteiger partial charge in [-0.25, -0.2) is 9.97 Å². The Labute approximate surface area is 130 Å². The van der Waals surface area contributed by atoms with Crippen LogP contribution in [-0.4, -0.2) is 31.3 Å². The van der Waals surface area contributed by atoms with Crippen molar-refractivity contribution in [1.29, 1.82) is 0 Å². The average Bonchev–Trinajstić information content (AvgIpc) is 2.48. The zero-order valence-corrected chi connectivity index (χ0v) is 13.5. The van der Waals surface area contributed by atoms with Gasteiger partial charge in [0, 0.05) is 24.0 Å². The fourth-order valence-corrected chi connectivity index (χ4v) is 2.13. The van der Waals surface area contributed by atoms with Gasteiger partial charge in [0.1, 0.15) is 12.1 Å². The van der Waals surface area contributed by atoms with Crippen LogP contribution < -0.4 is 19.5 Å². The van der Waals surface area contributed by atoms with Crippen molar-refractivity contribution in [3.63, 3.8) is 0 Å². The molecule has 1 N–H and O–H groups in total. The second-order valence-corrected chi connectivity index (χ2v) is 4.92. The molecular weight excluding hydrogens is 373 g/mol. The lowest BCUT2D eigenvalue weighted by Crippen LogP contribution is -2.00. The summed E-state index contributed by atoms with van der Waals surface area (Å²) in [4.78, 5) is 8.14. The highest BCUT2D eigenvalue weighted by atomic mass is 127. The van der Waals surface area contributed by atoms with Crippen LogP contribution in [-0.2, 0) is 0 Å². The van der Waals surface area contributed by atoms with Crippen molar-refractivity contribution in [3.05, 3.63) is 28.2 Å². The van der Waals surface area contributed by atoms with Gasteiger partial charge in [0.25, 0.3) is 0 Å². The Bertz CT molecular complexity index is 582. The Kier molecular flexibility index (Phi) is 4.83. The number of nitrogens with one attached hydrogen (secondary N) is 1. The molecule has 0 saturated heterocycles. The quantitative estimate of drug-likeness (QED) is 0.797. The van der Waals surface area contributed by atoms with Crippen molar-refractivity contribution < 1.29 is 14.2 Å². The Hall–Kier alpha value is -1.77. The largest absolute Gasteiger partial charge is 0.493 e. The molecular formula is C13H14IN3O3. The molecule has 106 valence electrons. The van der Waals surface area contributed by atoms with E-state index in [1.807, 2.05) is 12.1 Å². The first-order chi connectivity index (χ1) is 9.69. The number of benzene rings is 1. The van der Waals surface area contributed by atoms with Crippen LogP contribution in [0.1, 0.15) is 0 Å². The van der Waals surface area contributed by atoms with Crippen molar-refractivity contribution in [1.82, 2.24) is 9.97 Å². The summed E-state index contributed by atoms with van der Waals surface area (Å²) in [5, 5.41) is 3.20. The van der Waals surface area contributed by atoms with E-state index >= 15 is 0 Å². The standard InChI is InChI=1S/C13H14IN3O3/c1-18-10-4-8(5-11(19-2)12(10)20-3)17-13-9(14)6-15-7-16-13/h4-7H,1-3H3,(H,15,16,17). The van der Waals surface area contributed by atoms with E-state index in [1.165, 1.54) is 6.33 Å². The monoisotopic (exact) mass is 387 g/mol. The number of methoxy groups -OCH3 is 3. The molecule has 0 aliphatic rings. The molecule has 1 aromatic carbocycles. The lowest BCUT2D eigenvalue weighted by Gasteiger charge is -2.15. The van der Waals surface area contributed by atoms with Gasteiger partial charge in [-0.3, -0.25) is 0 Å². The third kappa shape index (κ3) is 3.03. The van der Waals surface area contributed by atoms with Gasteiger partial charge in [0.2, 0.25) is 5.75 Å². The summed E-state index contributed by atoms with van der Waals surface area (Å²) in [7, 11) is 4.73. The van der Waals surface area contributed by atoms with Gasteiger partial charge in [0.15, 0.2) is 11.5 Å². The second kappa shape index (κ2) is 6.60. The topological polar surface area (TPSA) is 65.5 Å². The predicted molar refractivity (Wildman–Crippen MR) is 84.1 cm³/mol. The molecule has 0 atom stereocenters. The first-order valence-corrected chi connectivity index (χ1v) is 6.80. The molecule has 20 heavy (non-hydrogen) atoms. The Morgan fingerprint density at radius 1 is 1.05 bits per heavy atom. The van der Waals surface area contributed by atoms with Gasteiger partial charge in [0.05, 0.1) is 24.9 Å². The third-order valence-corrected chi connectivity index (χ3v) is 3.38. The number of rotatable bonds is 5. The van der Waals surface area contributed by atoms with Crippen molar-refractivity contribution in [3.8, 4) is 17.2 Å². The van der Waals surface area contributed by atoms with Crippen molar-refractivity contribution in [2.75, 3.05) is 26.6 Å². The Morgan fingerprint density at radius 2 is 1.70 bits per heavy atom. The van der Waals surface area contributed by atoms with Gasteiger partial charge in [-0.1, -0.05) is 0 Å². The van der Waals surface area contributed by atoms with Crippen LogP contribution in [0.2, 0.25) is 0 Å². The maximum absolute atomic E-state index is 5.31. The number of nitrogens with zero attached hydrogens (tertiary/aromatic N) is 2. The molecule has 0 aliphatic heterocycles. The lowest BCUT2D eigenvalue weighted by atomic mass is 10.2. The van der Waals surface area contributed by atoms with Crippen molar-refractivity contribution in [2.24, 2.45) is 0 Å². The van der Waals surface area contributed by atoms with E-state index in [1.54, 1.807) is 27.5 Å². The molecule has 0 aliphatic carbocycles. The SMILES string of the molecule is COc1cc(Nc2ncncc2I)cc(OC)c1OC. The fraction of sp³-hybridized carbons (Fsp3) is 0.231. The van der Waals surface area contributed by atoms with Crippen molar-refractivity contribution in [2.45, 2.75) is 0 Å². The summed E-state index contributed by atoms with van der Waals surface area (Å²) >= 11 is 2.16. The van der Waals surface area contributed by atoms with E-state index in [0.29, 0.717) is 17.2 Å². The molecule has 1 heterocycles. The number of hydrogen-bond acceptors (Lipinski definition) is 6. The molecule has 0 spiro atoms.